The van der Waals surface area contributed by atoms with Crippen LogP contribution in [0.5, 0.6) is 5.75 Å². The van der Waals surface area contributed by atoms with E-state index in [0.717, 1.165) is 67.8 Å². The molecule has 1 aromatic heterocycles. The number of ether oxygens (including phenoxy) is 6. The van der Waals surface area contributed by atoms with E-state index in [1.807, 2.05) is 13.1 Å². The summed E-state index contributed by atoms with van der Waals surface area (Å²) in [6.45, 7) is 0.360. The highest BCUT2D eigenvalue weighted by atomic mass is 16.7. The Morgan fingerprint density at radius 3 is 1.85 bits per heavy atom. The minimum atomic E-state index is -1.84. The molecule has 13 N–H and O–H groups in total. The van der Waals surface area contributed by atoms with Crippen molar-refractivity contribution in [2.24, 2.45) is 0 Å². The van der Waals surface area contributed by atoms with Crippen molar-refractivity contribution in [3.8, 4) is 5.75 Å². The number of carbonyl (C=O) groups excluding carboxylic acids is 1. The van der Waals surface area contributed by atoms with Gasteiger partial charge in [0.05, 0.1) is 25.9 Å². The monoisotopic (exact) mass is 940 g/mol. The lowest BCUT2D eigenvalue weighted by atomic mass is 9.98. The van der Waals surface area contributed by atoms with Crippen molar-refractivity contribution in [3.05, 3.63) is 54.3 Å². The van der Waals surface area contributed by atoms with Gasteiger partial charge >= 0.3 is 0 Å². The predicted octanol–water partition coefficient (Wildman–Crippen LogP) is -0.562. The number of aromatic amines is 1. The normalized spacial score (nSPS) is 33.5. The number of carbonyl (C=O) groups is 1. The number of hydrogen-bond donors (Lipinski definition) is 13. The molecule has 16 atom stereocenters. The molecule has 0 saturated carbocycles. The van der Waals surface area contributed by atoms with Gasteiger partial charge in [-0.15, -0.1) is 0 Å². The van der Waals surface area contributed by atoms with E-state index >= 15 is 0 Å². The average molecular weight is 941 g/mol. The van der Waals surface area contributed by atoms with E-state index in [2.05, 4.69) is 34.6 Å². The molecule has 0 unspecified atom stereocenters. The van der Waals surface area contributed by atoms with Gasteiger partial charge < -0.3 is 94.9 Å². The Morgan fingerprint density at radius 1 is 0.697 bits per heavy atom. The fourth-order valence-corrected chi connectivity index (χ4v) is 8.03. The summed E-state index contributed by atoms with van der Waals surface area (Å²) >= 11 is 0. The molecule has 20 heteroatoms. The highest BCUT2D eigenvalue weighted by Crippen LogP contribution is 2.30. The molecule has 20 nitrogen and oxygen atoms in total. The fraction of sp³-hybridized carbons (Fsp3) is 0.717. The second-order valence-electron chi connectivity index (χ2n) is 17.4. The topological polar surface area (TPSA) is 323 Å². The van der Waals surface area contributed by atoms with Gasteiger partial charge in [0.15, 0.2) is 12.6 Å². The molecule has 0 aliphatic carbocycles. The third-order valence-corrected chi connectivity index (χ3v) is 12.1. The summed E-state index contributed by atoms with van der Waals surface area (Å²) in [6.07, 6.45) is -3.15. The summed E-state index contributed by atoms with van der Waals surface area (Å²) in [5.74, 6) is 0.226. The van der Waals surface area contributed by atoms with Gasteiger partial charge in [-0.25, -0.2) is 0 Å². The van der Waals surface area contributed by atoms with Gasteiger partial charge in [0, 0.05) is 30.1 Å². The number of aromatic nitrogens is 1. The quantitative estimate of drug-likeness (QED) is 0.0415. The average Bonchev–Trinajstić information content (AvgIpc) is 3.70. The smallest absolute Gasteiger partial charge is 0.229 e. The predicted molar refractivity (Wildman–Crippen MR) is 235 cm³/mol. The van der Waals surface area contributed by atoms with Gasteiger partial charge in [0.25, 0.3) is 0 Å². The van der Waals surface area contributed by atoms with Crippen LogP contribution in [0.3, 0.4) is 0 Å². The lowest BCUT2D eigenvalue weighted by Crippen LogP contribution is -2.63. The molecule has 3 saturated heterocycles. The molecule has 1 aromatic carbocycles. The highest BCUT2D eigenvalue weighted by molar-refractivity contribution is 5.84. The Morgan fingerprint density at radius 2 is 1.24 bits per heavy atom. The Bertz CT molecular complexity index is 1780. The van der Waals surface area contributed by atoms with Crippen molar-refractivity contribution in [1.29, 1.82) is 0 Å². The van der Waals surface area contributed by atoms with Crippen molar-refractivity contribution >= 4 is 16.8 Å². The van der Waals surface area contributed by atoms with Crippen LogP contribution in [-0.4, -0.2) is 192 Å². The summed E-state index contributed by atoms with van der Waals surface area (Å²) in [5.41, 5.74) is 1.68. The molecule has 0 bridgehead atoms. The SMILES string of the molecule is C[C@H](O)CCCCCC/C=C\C/C=C\CCCCC(=O)NCCc1c[nH]c2ccc(O[C@@H]3O[C@H](CO[C@@H]4O[C@H](CO[C@@H]5O[C@H](CO)[C@@H](O)[C@H](O)[C@H]5O)[C@@H](O)[C@H](O)[C@H]4O)[C@@H](O)[C@H](O)[C@H]3O)cc12. The van der Waals surface area contributed by atoms with E-state index in [1.165, 1.54) is 12.8 Å². The van der Waals surface area contributed by atoms with Gasteiger partial charge in [0.1, 0.15) is 79.0 Å². The standard InChI is InChI=1S/C46H72N2O18/c1-26(50)15-13-11-9-7-5-3-2-4-6-8-10-12-14-16-34(51)47-20-19-27-22-48-30-18-17-28(21-29(27)30)63-46-43(60)40(57)37(54)33(66-46)25-62-45-42(59)39(56)36(53)32(65-45)24-61-44-41(58)38(55)35(52)31(23-49)64-44/h2-3,6,8,17-18,21-22,26,31-33,35-46,48-50,52-60H,4-5,7,9-16,19-20,23-25H2,1H3,(H,47,51)/b3-2-,8-6-/t26-,31+,32+,33+,35+,36+,37+,38-,39-,40-,41+,42+,43+,44+,45+,46+/m0/s1. The molecule has 3 aliphatic heterocycles. The minimum absolute atomic E-state index is 0.0293. The number of allylic oxidation sites excluding steroid dienone is 4. The van der Waals surface area contributed by atoms with E-state index in [9.17, 15) is 61.0 Å². The number of amides is 1. The first-order chi connectivity index (χ1) is 31.7. The molecule has 4 heterocycles. The van der Waals surface area contributed by atoms with Gasteiger partial charge in [0.2, 0.25) is 12.2 Å². The molecular weight excluding hydrogens is 869 g/mol. The summed E-state index contributed by atoms with van der Waals surface area (Å²) in [5, 5.41) is 117. The zero-order valence-electron chi connectivity index (χ0n) is 37.4. The van der Waals surface area contributed by atoms with Crippen LogP contribution in [0.2, 0.25) is 0 Å². The van der Waals surface area contributed by atoms with Gasteiger partial charge in [-0.2, -0.15) is 0 Å². The van der Waals surface area contributed by atoms with Crippen molar-refractivity contribution in [1.82, 2.24) is 10.3 Å². The van der Waals surface area contributed by atoms with Crippen molar-refractivity contribution in [2.75, 3.05) is 26.4 Å². The molecule has 5 rings (SSSR count). The summed E-state index contributed by atoms with van der Waals surface area (Å²) in [7, 11) is 0. The van der Waals surface area contributed by atoms with E-state index in [0.29, 0.717) is 19.4 Å². The number of fused-ring (bicyclic) bond motifs is 1. The number of aliphatic hydroxyl groups is 11. The molecular formula is C46H72N2O18. The third-order valence-electron chi connectivity index (χ3n) is 12.1. The minimum Gasteiger partial charge on any atom is -0.462 e. The molecule has 3 aliphatic rings. The van der Waals surface area contributed by atoms with Crippen molar-refractivity contribution < 1.29 is 89.4 Å². The largest absolute Gasteiger partial charge is 0.462 e. The number of benzene rings is 1. The van der Waals surface area contributed by atoms with E-state index in [4.69, 9.17) is 28.4 Å². The first kappa shape index (κ1) is 53.8. The maximum Gasteiger partial charge on any atom is 0.229 e. The maximum absolute atomic E-state index is 12.5. The van der Waals surface area contributed by atoms with Crippen LogP contribution in [0.4, 0.5) is 0 Å². The number of nitrogens with one attached hydrogen (secondary N) is 2. The lowest BCUT2D eigenvalue weighted by molar-refractivity contribution is -0.339. The Labute approximate surface area is 384 Å². The number of H-pyrrole nitrogens is 1. The van der Waals surface area contributed by atoms with Crippen LogP contribution in [-0.2, 0) is 34.9 Å². The highest BCUT2D eigenvalue weighted by Gasteiger charge is 2.49. The molecule has 2 aromatic rings. The van der Waals surface area contributed by atoms with Gasteiger partial charge in [-0.05, 0) is 82.1 Å². The van der Waals surface area contributed by atoms with Crippen molar-refractivity contribution in [3.63, 3.8) is 0 Å². The van der Waals surface area contributed by atoms with E-state index in [-0.39, 0.29) is 17.8 Å². The second kappa shape index (κ2) is 27.2. The molecule has 1 amide bonds. The van der Waals surface area contributed by atoms with Crippen LogP contribution in [0.25, 0.3) is 10.9 Å². The summed E-state index contributed by atoms with van der Waals surface area (Å²) in [6, 6.07) is 5.08. The second-order valence-corrected chi connectivity index (χ2v) is 17.4. The zero-order valence-corrected chi connectivity index (χ0v) is 37.4. The lowest BCUT2D eigenvalue weighted by Gasteiger charge is -2.43. The van der Waals surface area contributed by atoms with E-state index in [1.54, 1.807) is 18.2 Å². The van der Waals surface area contributed by atoms with Crippen LogP contribution < -0.4 is 10.1 Å². The molecule has 66 heavy (non-hydrogen) atoms. The van der Waals surface area contributed by atoms with E-state index < -0.39 is 112 Å². The first-order valence-corrected chi connectivity index (χ1v) is 23.1. The number of hydrogen-bond acceptors (Lipinski definition) is 18. The summed E-state index contributed by atoms with van der Waals surface area (Å²) in [4.78, 5) is 15.7. The molecule has 0 radical (unpaired) electrons. The maximum atomic E-state index is 12.5. The van der Waals surface area contributed by atoms with Crippen LogP contribution in [0.1, 0.15) is 83.1 Å². The van der Waals surface area contributed by atoms with Gasteiger partial charge in [-0.3, -0.25) is 4.79 Å². The number of rotatable bonds is 26. The number of unbranched alkanes of at least 4 members (excludes halogenated alkanes) is 6. The molecule has 3 fully saturated rings. The Kier molecular flexibility index (Phi) is 22.1. The van der Waals surface area contributed by atoms with Crippen LogP contribution in [0.15, 0.2) is 48.7 Å². The van der Waals surface area contributed by atoms with Crippen LogP contribution in [0, 0.1) is 0 Å². The Hall–Kier alpha value is -3.13. The fourth-order valence-electron chi connectivity index (χ4n) is 8.03. The van der Waals surface area contributed by atoms with Gasteiger partial charge in [-0.1, -0.05) is 43.6 Å². The zero-order chi connectivity index (χ0) is 47.8. The van der Waals surface area contributed by atoms with Crippen molar-refractivity contribution in [2.45, 2.75) is 182 Å². The van der Waals surface area contributed by atoms with Crippen LogP contribution >= 0.6 is 0 Å². The molecule has 374 valence electrons. The first-order valence-electron chi connectivity index (χ1n) is 23.1. The Balaban J connectivity index is 1.03. The number of aliphatic hydroxyl groups excluding tert-OH is 11. The third kappa shape index (κ3) is 15.4. The molecule has 0 spiro atoms. The summed E-state index contributed by atoms with van der Waals surface area (Å²) < 4.78 is 33.8.